The Hall–Kier alpha value is -2.59. The minimum Gasteiger partial charge on any atom is -0.369 e. The lowest BCUT2D eigenvalue weighted by Crippen LogP contribution is -2.38. The molecule has 0 spiro atoms. The van der Waals surface area contributed by atoms with Gasteiger partial charge in [0.05, 0.1) is 17.5 Å². The largest absolute Gasteiger partial charge is 0.369 e. The highest BCUT2D eigenvalue weighted by molar-refractivity contribution is 7.18. The van der Waals surface area contributed by atoms with Crippen molar-refractivity contribution in [2.45, 2.75) is 33.1 Å². The Morgan fingerprint density at radius 1 is 1.28 bits per heavy atom. The number of hydrogen-bond donors (Lipinski definition) is 2. The molecule has 1 aliphatic rings. The minimum absolute atomic E-state index is 0.0278. The molecule has 0 bridgehead atoms. The Morgan fingerprint density at radius 3 is 2.76 bits per heavy atom. The molecule has 1 fully saturated rings. The lowest BCUT2D eigenvalue weighted by atomic mass is 9.96. The molecule has 10 heteroatoms. The molecule has 0 aliphatic carbocycles. The Labute approximate surface area is 176 Å². The highest BCUT2D eigenvalue weighted by Gasteiger charge is 2.28. The number of aryl methyl sites for hydroxylation is 2. The van der Waals surface area contributed by atoms with E-state index in [1.54, 1.807) is 23.0 Å². The number of carbonyl (C=O) groups excluding carboxylic acids is 2. The van der Waals surface area contributed by atoms with Gasteiger partial charge in [0.2, 0.25) is 11.8 Å². The Bertz CT molecular complexity index is 1070. The molecule has 0 saturated carbocycles. The number of nitrogens with two attached hydrogens (primary N) is 1. The fourth-order valence-corrected chi connectivity index (χ4v) is 5.29. The van der Waals surface area contributed by atoms with Crippen LogP contribution in [0.3, 0.4) is 0 Å². The first-order valence-corrected chi connectivity index (χ1v) is 11.1. The highest BCUT2D eigenvalue weighted by atomic mass is 32.1. The molecular weight excluding hydrogens is 408 g/mol. The summed E-state index contributed by atoms with van der Waals surface area (Å²) in [4.78, 5) is 41.4. The van der Waals surface area contributed by atoms with E-state index in [-0.39, 0.29) is 18.2 Å². The monoisotopic (exact) mass is 430 g/mol. The third-order valence-electron chi connectivity index (χ3n) is 5.25. The smallest absolute Gasteiger partial charge is 0.229 e. The van der Waals surface area contributed by atoms with E-state index in [9.17, 15) is 9.59 Å². The van der Waals surface area contributed by atoms with Gasteiger partial charge in [0.15, 0.2) is 5.13 Å². The molecule has 0 aromatic carbocycles. The molecule has 8 nitrogen and oxygen atoms in total. The molecule has 152 valence electrons. The summed E-state index contributed by atoms with van der Waals surface area (Å²) in [6.07, 6.45) is 3.20. The molecule has 2 amide bonds. The summed E-state index contributed by atoms with van der Waals surface area (Å²) in [5.41, 5.74) is 7.00. The number of nitrogens with one attached hydrogen (secondary N) is 1. The van der Waals surface area contributed by atoms with Gasteiger partial charge >= 0.3 is 0 Å². The van der Waals surface area contributed by atoms with Crippen molar-refractivity contribution >= 4 is 55.7 Å². The number of primary amides is 1. The first-order valence-electron chi connectivity index (χ1n) is 9.41. The average molecular weight is 431 g/mol. The number of fused-ring (bicyclic) bond motifs is 1. The van der Waals surface area contributed by atoms with Gasteiger partial charge < -0.3 is 16.0 Å². The van der Waals surface area contributed by atoms with Crippen LogP contribution in [0.5, 0.6) is 0 Å². The number of thiophene rings is 1. The van der Waals surface area contributed by atoms with Crippen molar-refractivity contribution in [1.29, 1.82) is 0 Å². The van der Waals surface area contributed by atoms with E-state index in [1.165, 1.54) is 21.8 Å². The van der Waals surface area contributed by atoms with Gasteiger partial charge in [-0.15, -0.1) is 22.7 Å². The van der Waals surface area contributed by atoms with Crippen LogP contribution in [0.25, 0.3) is 10.2 Å². The van der Waals surface area contributed by atoms with Crippen LogP contribution in [0.15, 0.2) is 11.7 Å². The van der Waals surface area contributed by atoms with Crippen molar-refractivity contribution in [3.63, 3.8) is 0 Å². The van der Waals surface area contributed by atoms with E-state index >= 15 is 0 Å². The molecule has 1 saturated heterocycles. The number of piperidine rings is 1. The van der Waals surface area contributed by atoms with Crippen LogP contribution in [-0.4, -0.2) is 39.9 Å². The Balaban J connectivity index is 1.40. The van der Waals surface area contributed by atoms with Gasteiger partial charge in [-0.3, -0.25) is 9.59 Å². The summed E-state index contributed by atoms with van der Waals surface area (Å²) < 4.78 is 0. The van der Waals surface area contributed by atoms with Crippen molar-refractivity contribution in [2.24, 2.45) is 11.7 Å². The van der Waals surface area contributed by atoms with Gasteiger partial charge in [0.1, 0.15) is 17.0 Å². The number of rotatable bonds is 5. The van der Waals surface area contributed by atoms with Gasteiger partial charge in [-0.2, -0.15) is 0 Å². The summed E-state index contributed by atoms with van der Waals surface area (Å²) >= 11 is 3.00. The average Bonchev–Trinajstić information content (AvgIpc) is 3.25. The van der Waals surface area contributed by atoms with Gasteiger partial charge in [-0.25, -0.2) is 15.0 Å². The number of aromatic nitrogens is 3. The zero-order valence-electron chi connectivity index (χ0n) is 16.3. The van der Waals surface area contributed by atoms with Crippen LogP contribution in [0.2, 0.25) is 0 Å². The zero-order valence-corrected chi connectivity index (χ0v) is 17.9. The van der Waals surface area contributed by atoms with Gasteiger partial charge in [-0.1, -0.05) is 0 Å². The topological polar surface area (TPSA) is 114 Å². The second-order valence-electron chi connectivity index (χ2n) is 7.20. The standard InChI is InChI=1S/C19H22N6O2S2/c1-10-11(2)29-18-15(10)16(21-9-22-18)25-5-3-12(4-6-25)17(27)24-19-23-13(8-28-19)7-14(20)26/h8-9,12H,3-7H2,1-2H3,(H2,20,26)(H,23,24,27). The van der Waals surface area contributed by atoms with Crippen molar-refractivity contribution in [2.75, 3.05) is 23.3 Å². The lowest BCUT2D eigenvalue weighted by Gasteiger charge is -2.32. The summed E-state index contributed by atoms with van der Waals surface area (Å²) in [7, 11) is 0. The molecule has 0 radical (unpaired) electrons. The van der Waals surface area contributed by atoms with Crippen LogP contribution >= 0.6 is 22.7 Å². The van der Waals surface area contributed by atoms with E-state index in [0.29, 0.717) is 10.8 Å². The Kier molecular flexibility index (Phi) is 5.46. The maximum Gasteiger partial charge on any atom is 0.229 e. The van der Waals surface area contributed by atoms with Crippen LogP contribution in [0, 0.1) is 19.8 Å². The first-order chi connectivity index (χ1) is 13.9. The normalized spacial score (nSPS) is 15.0. The van der Waals surface area contributed by atoms with E-state index in [1.807, 2.05) is 0 Å². The molecule has 0 atom stereocenters. The number of carbonyl (C=O) groups is 2. The predicted molar refractivity (Wildman–Crippen MR) is 115 cm³/mol. The number of hydrogen-bond acceptors (Lipinski definition) is 8. The molecule has 3 aromatic heterocycles. The molecule has 3 aromatic rings. The highest BCUT2D eigenvalue weighted by Crippen LogP contribution is 2.35. The second kappa shape index (κ2) is 8.03. The lowest BCUT2D eigenvalue weighted by molar-refractivity contribution is -0.120. The number of anilines is 2. The van der Waals surface area contributed by atoms with Crippen molar-refractivity contribution in [3.05, 3.63) is 27.8 Å². The third-order valence-corrected chi connectivity index (χ3v) is 7.17. The van der Waals surface area contributed by atoms with Crippen LogP contribution in [-0.2, 0) is 16.0 Å². The Morgan fingerprint density at radius 2 is 2.03 bits per heavy atom. The molecule has 4 heterocycles. The van der Waals surface area contributed by atoms with E-state index < -0.39 is 5.91 Å². The molecule has 3 N–H and O–H groups in total. The van der Waals surface area contributed by atoms with Crippen molar-refractivity contribution in [3.8, 4) is 0 Å². The second-order valence-corrected chi connectivity index (χ2v) is 9.26. The van der Waals surface area contributed by atoms with Crippen LogP contribution < -0.4 is 16.0 Å². The number of nitrogens with zero attached hydrogens (tertiary/aromatic N) is 4. The minimum atomic E-state index is -0.435. The summed E-state index contributed by atoms with van der Waals surface area (Å²) in [5, 5.41) is 6.26. The quantitative estimate of drug-likeness (QED) is 0.643. The predicted octanol–water partition coefficient (Wildman–Crippen LogP) is 2.65. The number of amides is 2. The molecule has 29 heavy (non-hydrogen) atoms. The molecule has 1 aliphatic heterocycles. The van der Waals surface area contributed by atoms with Gasteiger partial charge in [0, 0.05) is 29.3 Å². The van der Waals surface area contributed by atoms with Crippen LogP contribution in [0.4, 0.5) is 10.9 Å². The number of thiazole rings is 1. The molecule has 4 rings (SSSR count). The summed E-state index contributed by atoms with van der Waals surface area (Å²) in [6.45, 7) is 5.75. The van der Waals surface area contributed by atoms with Crippen LogP contribution in [0.1, 0.15) is 29.0 Å². The summed E-state index contributed by atoms with van der Waals surface area (Å²) in [5.74, 6) is 0.430. The maximum atomic E-state index is 12.6. The SMILES string of the molecule is Cc1sc2ncnc(N3CCC(C(=O)Nc4nc(CC(N)=O)cs4)CC3)c2c1C. The fourth-order valence-electron chi connectivity index (χ4n) is 3.59. The van der Waals surface area contributed by atoms with Gasteiger partial charge in [0.25, 0.3) is 0 Å². The summed E-state index contributed by atoms with van der Waals surface area (Å²) in [6, 6.07) is 0. The van der Waals surface area contributed by atoms with E-state index in [4.69, 9.17) is 5.73 Å². The first kappa shape index (κ1) is 19.7. The third kappa shape index (κ3) is 4.08. The van der Waals surface area contributed by atoms with Crippen molar-refractivity contribution in [1.82, 2.24) is 15.0 Å². The maximum absolute atomic E-state index is 12.6. The zero-order chi connectivity index (χ0) is 20.5. The van der Waals surface area contributed by atoms with E-state index in [2.05, 4.69) is 39.0 Å². The van der Waals surface area contributed by atoms with E-state index in [0.717, 1.165) is 42.0 Å². The molecule has 0 unspecified atom stereocenters. The van der Waals surface area contributed by atoms with Crippen molar-refractivity contribution < 1.29 is 9.59 Å². The molecular formula is C19H22N6O2S2. The van der Waals surface area contributed by atoms with Gasteiger partial charge in [-0.05, 0) is 32.3 Å². The fraction of sp³-hybridized carbons (Fsp3) is 0.421.